The minimum atomic E-state index is -1.35. The molecule has 116 valence electrons. The zero-order valence-electron chi connectivity index (χ0n) is 12.4. The van der Waals surface area contributed by atoms with Crippen LogP contribution in [-0.2, 0) is 4.79 Å². The zero-order chi connectivity index (χ0) is 16.5. The smallest absolute Gasteiger partial charge is 0.329 e. The van der Waals surface area contributed by atoms with Crippen LogP contribution in [0.2, 0.25) is 0 Å². The first-order chi connectivity index (χ1) is 10.2. The number of aliphatic carboxylic acids is 1. The molecule has 0 fully saturated rings. The molecule has 0 aliphatic heterocycles. The van der Waals surface area contributed by atoms with Gasteiger partial charge in [-0.2, -0.15) is 5.10 Å². The van der Waals surface area contributed by atoms with Crippen molar-refractivity contribution in [2.45, 2.75) is 19.4 Å². The Hall–Kier alpha value is -2.70. The van der Waals surface area contributed by atoms with E-state index in [1.807, 2.05) is 0 Å². The number of hydrogen-bond donors (Lipinski definition) is 2. The lowest BCUT2D eigenvalue weighted by Crippen LogP contribution is -2.50. The van der Waals surface area contributed by atoms with Gasteiger partial charge in [-0.3, -0.25) is 9.89 Å². The minimum absolute atomic E-state index is 0.163. The lowest BCUT2D eigenvalue weighted by molar-refractivity contribution is -0.147. The highest BCUT2D eigenvalue weighted by Gasteiger charge is 2.36. The molecule has 2 aromatic rings. The molecule has 1 amide bonds. The van der Waals surface area contributed by atoms with Gasteiger partial charge in [0.2, 0.25) is 0 Å². The van der Waals surface area contributed by atoms with Gasteiger partial charge in [-0.1, -0.05) is 0 Å². The molecular weight excluding hydrogens is 289 g/mol. The van der Waals surface area contributed by atoms with Gasteiger partial charge in [-0.15, -0.1) is 0 Å². The number of nitrogens with zero attached hydrogens (tertiary/aromatic N) is 2. The molecule has 1 aromatic heterocycles. The van der Waals surface area contributed by atoms with Crippen LogP contribution in [0.25, 0.3) is 11.3 Å². The van der Waals surface area contributed by atoms with E-state index in [9.17, 15) is 14.0 Å². The Morgan fingerprint density at radius 2 is 1.86 bits per heavy atom. The number of H-pyrrole nitrogens is 1. The van der Waals surface area contributed by atoms with Crippen LogP contribution < -0.4 is 0 Å². The van der Waals surface area contributed by atoms with E-state index in [0.29, 0.717) is 11.3 Å². The average Bonchev–Trinajstić information content (AvgIpc) is 2.96. The summed E-state index contributed by atoms with van der Waals surface area (Å²) in [6.45, 7) is 2.87. The maximum Gasteiger partial charge on any atom is 0.329 e. The van der Waals surface area contributed by atoms with E-state index in [4.69, 9.17) is 5.11 Å². The first kappa shape index (κ1) is 15.7. The third-order valence-electron chi connectivity index (χ3n) is 3.61. The standard InChI is InChI=1S/C15H16FN3O3/c1-15(2,14(21)22)19(3)13(20)12-8-11(17-18-12)9-4-6-10(16)7-5-9/h4-8H,1-3H3,(H,17,18)(H,21,22). The Labute approximate surface area is 126 Å². The molecule has 2 rings (SSSR count). The molecule has 22 heavy (non-hydrogen) atoms. The molecule has 2 N–H and O–H groups in total. The van der Waals surface area contributed by atoms with E-state index in [-0.39, 0.29) is 11.5 Å². The van der Waals surface area contributed by atoms with Gasteiger partial charge in [0.15, 0.2) is 0 Å². The van der Waals surface area contributed by atoms with Crippen molar-refractivity contribution in [3.05, 3.63) is 41.8 Å². The molecule has 0 unspecified atom stereocenters. The molecule has 0 aliphatic rings. The third-order valence-corrected chi connectivity index (χ3v) is 3.61. The molecule has 0 saturated heterocycles. The topological polar surface area (TPSA) is 86.3 Å². The van der Waals surface area contributed by atoms with Gasteiger partial charge in [0.25, 0.3) is 5.91 Å². The fourth-order valence-corrected chi connectivity index (χ4v) is 1.78. The second-order valence-corrected chi connectivity index (χ2v) is 5.40. The SMILES string of the molecule is CN(C(=O)c1cc(-c2ccc(F)cc2)n[nH]1)C(C)(C)C(=O)O. The molecule has 0 saturated carbocycles. The van der Waals surface area contributed by atoms with Gasteiger partial charge in [-0.05, 0) is 44.2 Å². The van der Waals surface area contributed by atoms with Crippen molar-refractivity contribution >= 4 is 11.9 Å². The van der Waals surface area contributed by atoms with Crippen LogP contribution in [0.5, 0.6) is 0 Å². The van der Waals surface area contributed by atoms with Gasteiger partial charge in [0.1, 0.15) is 17.1 Å². The van der Waals surface area contributed by atoms with Gasteiger partial charge in [-0.25, -0.2) is 9.18 Å². The molecule has 0 atom stereocenters. The van der Waals surface area contributed by atoms with Crippen LogP contribution >= 0.6 is 0 Å². The van der Waals surface area contributed by atoms with Crippen molar-refractivity contribution in [1.82, 2.24) is 15.1 Å². The molecule has 0 aliphatic carbocycles. The van der Waals surface area contributed by atoms with Crippen molar-refractivity contribution in [1.29, 1.82) is 0 Å². The predicted molar refractivity (Wildman–Crippen MR) is 77.8 cm³/mol. The summed E-state index contributed by atoms with van der Waals surface area (Å²) in [5, 5.41) is 15.7. The largest absolute Gasteiger partial charge is 0.480 e. The fraction of sp³-hybridized carbons (Fsp3) is 0.267. The van der Waals surface area contributed by atoms with Crippen LogP contribution in [0, 0.1) is 5.82 Å². The number of carbonyl (C=O) groups excluding carboxylic acids is 1. The van der Waals surface area contributed by atoms with Gasteiger partial charge in [0.05, 0.1) is 5.69 Å². The van der Waals surface area contributed by atoms with E-state index in [1.54, 1.807) is 12.1 Å². The van der Waals surface area contributed by atoms with Crippen molar-refractivity contribution < 1.29 is 19.1 Å². The number of carboxylic acids is 1. The van der Waals surface area contributed by atoms with Crippen LogP contribution in [0.15, 0.2) is 30.3 Å². The van der Waals surface area contributed by atoms with E-state index in [1.165, 1.54) is 39.1 Å². The highest BCUT2D eigenvalue weighted by atomic mass is 19.1. The molecule has 1 aromatic carbocycles. The summed E-state index contributed by atoms with van der Waals surface area (Å²) in [6.07, 6.45) is 0. The third kappa shape index (κ3) is 2.83. The number of amides is 1. The number of carbonyl (C=O) groups is 2. The number of rotatable bonds is 4. The van der Waals surface area contributed by atoms with Crippen molar-refractivity contribution in [3.63, 3.8) is 0 Å². The zero-order valence-corrected chi connectivity index (χ0v) is 12.4. The number of hydrogen-bond acceptors (Lipinski definition) is 3. The molecule has 1 heterocycles. The number of aromatic amines is 1. The van der Waals surface area contributed by atoms with Crippen molar-refractivity contribution in [2.24, 2.45) is 0 Å². The van der Waals surface area contributed by atoms with Crippen molar-refractivity contribution in [2.75, 3.05) is 7.05 Å². The Kier molecular flexibility index (Phi) is 3.99. The molecule has 6 nitrogen and oxygen atoms in total. The number of benzene rings is 1. The number of halogens is 1. The molecule has 7 heteroatoms. The molecular formula is C15H16FN3O3. The van der Waals surface area contributed by atoms with E-state index < -0.39 is 17.4 Å². The second-order valence-electron chi connectivity index (χ2n) is 5.40. The van der Waals surface area contributed by atoms with Crippen LogP contribution in [0.4, 0.5) is 4.39 Å². The van der Waals surface area contributed by atoms with E-state index >= 15 is 0 Å². The lowest BCUT2D eigenvalue weighted by atomic mass is 10.0. The van der Waals surface area contributed by atoms with Gasteiger partial charge in [0, 0.05) is 12.6 Å². The monoisotopic (exact) mass is 305 g/mol. The summed E-state index contributed by atoms with van der Waals surface area (Å²) in [7, 11) is 1.41. The van der Waals surface area contributed by atoms with Crippen LogP contribution in [-0.4, -0.2) is 44.7 Å². The summed E-state index contributed by atoms with van der Waals surface area (Å²) in [4.78, 5) is 24.6. The summed E-state index contributed by atoms with van der Waals surface area (Å²) in [6, 6.07) is 7.19. The second kappa shape index (κ2) is 5.59. The normalized spacial score (nSPS) is 11.3. The fourth-order valence-electron chi connectivity index (χ4n) is 1.78. The number of carboxylic acid groups (broad SMARTS) is 1. The summed E-state index contributed by atoms with van der Waals surface area (Å²) < 4.78 is 12.9. The van der Waals surface area contributed by atoms with Gasteiger partial charge < -0.3 is 10.0 Å². The Balaban J connectivity index is 2.26. The number of nitrogens with one attached hydrogen (secondary N) is 1. The predicted octanol–water partition coefficient (Wildman–Crippen LogP) is 2.15. The first-order valence-corrected chi connectivity index (χ1v) is 6.56. The molecule has 0 spiro atoms. The summed E-state index contributed by atoms with van der Waals surface area (Å²) >= 11 is 0. The van der Waals surface area contributed by atoms with Crippen LogP contribution in [0.1, 0.15) is 24.3 Å². The first-order valence-electron chi connectivity index (χ1n) is 6.56. The minimum Gasteiger partial charge on any atom is -0.480 e. The number of aromatic nitrogens is 2. The number of likely N-dealkylation sites (N-methyl/N-ethyl adjacent to an activating group) is 1. The van der Waals surface area contributed by atoms with E-state index in [0.717, 1.165) is 4.90 Å². The van der Waals surface area contributed by atoms with Crippen LogP contribution in [0.3, 0.4) is 0 Å². The highest BCUT2D eigenvalue weighted by Crippen LogP contribution is 2.20. The average molecular weight is 305 g/mol. The summed E-state index contributed by atoms with van der Waals surface area (Å²) in [5.41, 5.74) is -0.0593. The van der Waals surface area contributed by atoms with E-state index in [2.05, 4.69) is 10.2 Å². The van der Waals surface area contributed by atoms with Gasteiger partial charge >= 0.3 is 5.97 Å². The Morgan fingerprint density at radius 3 is 2.41 bits per heavy atom. The maximum absolute atomic E-state index is 12.9. The maximum atomic E-state index is 12.9. The molecule has 0 radical (unpaired) electrons. The highest BCUT2D eigenvalue weighted by molar-refractivity contribution is 5.96. The van der Waals surface area contributed by atoms with Crippen molar-refractivity contribution in [3.8, 4) is 11.3 Å². The summed E-state index contributed by atoms with van der Waals surface area (Å²) in [5.74, 6) is -1.96. The quantitative estimate of drug-likeness (QED) is 0.906. The Morgan fingerprint density at radius 1 is 1.27 bits per heavy atom. The molecule has 0 bridgehead atoms. The Bertz CT molecular complexity index is 707. The lowest BCUT2D eigenvalue weighted by Gasteiger charge is -2.30.